The van der Waals surface area contributed by atoms with Gasteiger partial charge in [-0.3, -0.25) is 4.99 Å². The Labute approximate surface area is 136 Å². The molecule has 2 aliphatic rings. The number of hydrogen-bond acceptors (Lipinski definition) is 5. The molecule has 0 amide bonds. The quantitative estimate of drug-likeness (QED) is 0.745. The van der Waals surface area contributed by atoms with Crippen LogP contribution in [0.2, 0.25) is 0 Å². The van der Waals surface area contributed by atoms with Crippen molar-refractivity contribution in [3.05, 3.63) is 46.7 Å². The lowest BCUT2D eigenvalue weighted by molar-refractivity contribution is 0.650. The molecule has 106 valence electrons. The van der Waals surface area contributed by atoms with Crippen LogP contribution in [0.5, 0.6) is 0 Å². The highest BCUT2D eigenvalue weighted by Crippen LogP contribution is 2.46. The van der Waals surface area contributed by atoms with Gasteiger partial charge in [-0.15, -0.1) is 23.1 Å². The zero-order valence-corrected chi connectivity index (χ0v) is 14.1. The normalized spacial score (nSPS) is 17.6. The fourth-order valence-electron chi connectivity index (χ4n) is 2.71. The van der Waals surface area contributed by atoms with Crippen LogP contribution in [0.4, 0.5) is 0 Å². The number of aliphatic imine (C=N–C) groups is 1. The van der Waals surface area contributed by atoms with Crippen molar-refractivity contribution in [2.75, 3.05) is 19.3 Å². The lowest BCUT2D eigenvalue weighted by Gasteiger charge is -2.15. The van der Waals surface area contributed by atoms with Gasteiger partial charge in [0.15, 0.2) is 5.17 Å². The highest BCUT2D eigenvalue weighted by atomic mass is 32.2. The van der Waals surface area contributed by atoms with E-state index >= 15 is 0 Å². The Balaban J connectivity index is 1.89. The van der Waals surface area contributed by atoms with E-state index in [1.54, 1.807) is 11.8 Å². The third-order valence-electron chi connectivity index (χ3n) is 3.65. The second-order valence-electron chi connectivity index (χ2n) is 4.82. The van der Waals surface area contributed by atoms with Crippen LogP contribution in [0.1, 0.15) is 4.88 Å². The molecule has 1 aromatic heterocycles. The first-order chi connectivity index (χ1) is 10.3. The number of thioether (sulfide) groups is 2. The van der Waals surface area contributed by atoms with Gasteiger partial charge in [-0.05, 0) is 35.5 Å². The molecule has 2 aromatic rings. The minimum atomic E-state index is 0.900. The van der Waals surface area contributed by atoms with Gasteiger partial charge < -0.3 is 4.90 Å². The number of rotatable bonds is 3. The SMILES string of the molecule is C=CC1=C(c2cc3cccc(SC)c3s2)N2CCN=C2S1. The minimum absolute atomic E-state index is 0.900. The summed E-state index contributed by atoms with van der Waals surface area (Å²) in [5, 5.41) is 2.45. The third kappa shape index (κ3) is 2.06. The van der Waals surface area contributed by atoms with Gasteiger partial charge in [-0.1, -0.05) is 24.8 Å². The summed E-state index contributed by atoms with van der Waals surface area (Å²) in [5.74, 6) is 0. The second kappa shape index (κ2) is 5.23. The van der Waals surface area contributed by atoms with Crippen LogP contribution in [0.25, 0.3) is 15.8 Å². The molecule has 0 spiro atoms. The van der Waals surface area contributed by atoms with E-state index in [9.17, 15) is 0 Å². The van der Waals surface area contributed by atoms with Crippen molar-refractivity contribution >= 4 is 55.8 Å². The van der Waals surface area contributed by atoms with E-state index in [0.29, 0.717) is 0 Å². The highest BCUT2D eigenvalue weighted by Gasteiger charge is 2.32. The smallest absolute Gasteiger partial charge is 0.168 e. The molecule has 4 rings (SSSR count). The number of allylic oxidation sites excluding steroid dienone is 1. The van der Waals surface area contributed by atoms with Crippen molar-refractivity contribution in [2.45, 2.75) is 4.90 Å². The average Bonchev–Trinajstić information content (AvgIpc) is 3.18. The fourth-order valence-corrected chi connectivity index (χ4v) is 5.85. The lowest BCUT2D eigenvalue weighted by Crippen LogP contribution is -2.19. The summed E-state index contributed by atoms with van der Waals surface area (Å²) < 4.78 is 1.38. The summed E-state index contributed by atoms with van der Waals surface area (Å²) in [6, 6.07) is 8.84. The summed E-state index contributed by atoms with van der Waals surface area (Å²) in [5.41, 5.74) is 1.29. The molecule has 0 unspecified atom stereocenters. The summed E-state index contributed by atoms with van der Waals surface area (Å²) in [6.45, 7) is 5.86. The van der Waals surface area contributed by atoms with E-state index in [4.69, 9.17) is 0 Å². The van der Waals surface area contributed by atoms with Crippen LogP contribution in [-0.2, 0) is 0 Å². The Morgan fingerprint density at radius 3 is 3.14 bits per heavy atom. The summed E-state index contributed by atoms with van der Waals surface area (Å²) in [7, 11) is 0. The molecule has 0 aliphatic carbocycles. The van der Waals surface area contributed by atoms with Gasteiger partial charge >= 0.3 is 0 Å². The Kier molecular flexibility index (Phi) is 3.36. The van der Waals surface area contributed by atoms with Crippen molar-refractivity contribution in [3.8, 4) is 0 Å². The van der Waals surface area contributed by atoms with Gasteiger partial charge in [0, 0.05) is 21.0 Å². The van der Waals surface area contributed by atoms with Crippen molar-refractivity contribution in [1.82, 2.24) is 4.90 Å². The van der Waals surface area contributed by atoms with Crippen molar-refractivity contribution in [1.29, 1.82) is 0 Å². The monoisotopic (exact) mass is 330 g/mol. The van der Waals surface area contributed by atoms with Gasteiger partial charge in [0.1, 0.15) is 0 Å². The van der Waals surface area contributed by atoms with Crippen molar-refractivity contribution in [2.24, 2.45) is 4.99 Å². The average molecular weight is 331 g/mol. The molecule has 0 saturated carbocycles. The van der Waals surface area contributed by atoms with Gasteiger partial charge in [0.2, 0.25) is 0 Å². The largest absolute Gasteiger partial charge is 0.317 e. The van der Waals surface area contributed by atoms with Crippen LogP contribution in [0, 0.1) is 0 Å². The molecule has 3 heterocycles. The second-order valence-corrected chi connectivity index (χ2v) is 7.73. The Bertz CT molecular complexity index is 801. The first-order valence-electron chi connectivity index (χ1n) is 6.75. The molecule has 2 aliphatic heterocycles. The summed E-state index contributed by atoms with van der Waals surface area (Å²) >= 11 is 5.43. The minimum Gasteiger partial charge on any atom is -0.317 e. The van der Waals surface area contributed by atoms with Crippen LogP contribution in [-0.4, -0.2) is 29.4 Å². The van der Waals surface area contributed by atoms with Crippen molar-refractivity contribution < 1.29 is 0 Å². The molecule has 1 aromatic carbocycles. The molecule has 0 N–H and O–H groups in total. The van der Waals surface area contributed by atoms with Crippen molar-refractivity contribution in [3.63, 3.8) is 0 Å². The van der Waals surface area contributed by atoms with Gasteiger partial charge in [0.05, 0.1) is 17.1 Å². The highest BCUT2D eigenvalue weighted by molar-refractivity contribution is 8.17. The van der Waals surface area contributed by atoms with Gasteiger partial charge in [-0.25, -0.2) is 0 Å². The van der Waals surface area contributed by atoms with E-state index in [2.05, 4.69) is 47.0 Å². The molecule has 0 fully saturated rings. The molecule has 0 radical (unpaired) electrons. The molecular formula is C16H14N2S3. The predicted octanol–water partition coefficient (Wildman–Crippen LogP) is 4.90. The standard InChI is InChI=1S/C16H14N2S3/c1-3-11-14(18-8-7-17-16(18)21-11)13-9-10-5-4-6-12(19-2)15(10)20-13/h3-6,9H,1,7-8H2,2H3. The van der Waals surface area contributed by atoms with Crippen LogP contribution < -0.4 is 0 Å². The summed E-state index contributed by atoms with van der Waals surface area (Å²) in [4.78, 5) is 10.8. The number of fused-ring (bicyclic) bond motifs is 2. The predicted molar refractivity (Wildman–Crippen MR) is 97.3 cm³/mol. The Hall–Kier alpha value is -1.17. The van der Waals surface area contributed by atoms with E-state index in [0.717, 1.165) is 18.3 Å². The van der Waals surface area contributed by atoms with E-state index < -0.39 is 0 Å². The molecule has 2 nitrogen and oxygen atoms in total. The fraction of sp³-hybridized carbons (Fsp3) is 0.188. The van der Waals surface area contributed by atoms with Crippen LogP contribution >= 0.6 is 34.9 Å². The molecule has 21 heavy (non-hydrogen) atoms. The first kappa shape index (κ1) is 13.5. The number of nitrogens with zero attached hydrogens (tertiary/aromatic N) is 2. The van der Waals surface area contributed by atoms with E-state index in [1.807, 2.05) is 29.2 Å². The van der Waals surface area contributed by atoms with E-state index in [1.165, 1.54) is 30.5 Å². The number of benzene rings is 1. The zero-order chi connectivity index (χ0) is 14.4. The maximum Gasteiger partial charge on any atom is 0.168 e. The maximum atomic E-state index is 4.58. The zero-order valence-electron chi connectivity index (χ0n) is 11.6. The third-order valence-corrected chi connectivity index (χ3v) is 6.86. The van der Waals surface area contributed by atoms with E-state index in [-0.39, 0.29) is 0 Å². The molecule has 0 atom stereocenters. The number of amidine groups is 1. The molecule has 0 saturated heterocycles. The molecule has 0 bridgehead atoms. The maximum absolute atomic E-state index is 4.58. The van der Waals surface area contributed by atoms with Crippen LogP contribution in [0.3, 0.4) is 0 Å². The molecular weight excluding hydrogens is 316 g/mol. The number of hydrogen-bond donors (Lipinski definition) is 0. The Morgan fingerprint density at radius 1 is 1.43 bits per heavy atom. The summed E-state index contributed by atoms with van der Waals surface area (Å²) in [6.07, 6.45) is 4.10. The topological polar surface area (TPSA) is 15.6 Å². The Morgan fingerprint density at radius 2 is 2.33 bits per heavy atom. The lowest BCUT2D eigenvalue weighted by atomic mass is 10.2. The van der Waals surface area contributed by atoms with Crippen LogP contribution in [0.15, 0.2) is 51.7 Å². The first-order valence-corrected chi connectivity index (χ1v) is 9.61. The molecule has 5 heteroatoms. The van der Waals surface area contributed by atoms with Gasteiger partial charge in [0.25, 0.3) is 0 Å². The van der Waals surface area contributed by atoms with Gasteiger partial charge in [-0.2, -0.15) is 0 Å². The number of thiophene rings is 1.